The normalized spacial score (nSPS) is 12.8. The minimum Gasteiger partial charge on any atom is -0.462 e. The van der Waals surface area contributed by atoms with Crippen molar-refractivity contribution < 1.29 is 28.6 Å². The van der Waals surface area contributed by atoms with E-state index in [9.17, 15) is 14.4 Å². The van der Waals surface area contributed by atoms with Gasteiger partial charge >= 0.3 is 17.9 Å². The molecular weight excluding hydrogens is 985 g/mol. The zero-order valence-corrected chi connectivity index (χ0v) is 52.6. The van der Waals surface area contributed by atoms with Gasteiger partial charge in [-0.2, -0.15) is 0 Å². The fourth-order valence-electron chi connectivity index (χ4n) is 9.47. The molecule has 0 saturated heterocycles. The molecule has 1 atom stereocenters. The number of rotatable bonds is 61. The first-order valence-corrected chi connectivity index (χ1v) is 33.9. The molecule has 0 aliphatic rings. The molecule has 0 radical (unpaired) electrons. The summed E-state index contributed by atoms with van der Waals surface area (Å²) in [5, 5.41) is 0. The van der Waals surface area contributed by atoms with E-state index in [4.69, 9.17) is 14.2 Å². The smallest absolute Gasteiger partial charge is 0.306 e. The van der Waals surface area contributed by atoms with Crippen LogP contribution in [0, 0.1) is 0 Å². The molecule has 0 saturated carbocycles. The summed E-state index contributed by atoms with van der Waals surface area (Å²) in [4.78, 5) is 38.4. The van der Waals surface area contributed by atoms with E-state index < -0.39 is 6.10 Å². The number of esters is 3. The Hall–Kier alpha value is -3.93. The standard InChI is InChI=1S/C74H126O6/c1-4-7-10-13-16-19-22-25-28-30-31-32-33-34-35-36-37-38-39-40-41-42-43-45-46-49-52-55-58-61-64-67-73(76)79-70-71(69-78-72(75)66-63-60-57-54-51-48-27-24-21-18-15-12-9-6-3)80-74(77)68-65-62-59-56-53-50-47-44-29-26-23-20-17-14-11-8-5-2/h7-8,10-11,15-20,24-29,31-32,71H,4-6,9,12-14,21-23,30,33-70H2,1-3H3/b10-7-,11-8-,18-15-,19-16-,20-17-,27-24-,28-25-,29-26-,32-31-. The monoisotopic (exact) mass is 1110 g/mol. The lowest BCUT2D eigenvalue weighted by molar-refractivity contribution is -0.167. The molecule has 6 heteroatoms. The zero-order valence-electron chi connectivity index (χ0n) is 52.6. The van der Waals surface area contributed by atoms with E-state index in [-0.39, 0.29) is 31.1 Å². The molecule has 80 heavy (non-hydrogen) atoms. The minimum absolute atomic E-state index is 0.0847. The van der Waals surface area contributed by atoms with E-state index >= 15 is 0 Å². The van der Waals surface area contributed by atoms with E-state index in [0.29, 0.717) is 19.3 Å². The number of carbonyl (C=O) groups is 3. The molecule has 0 amide bonds. The molecule has 0 spiro atoms. The SMILES string of the molecule is CC/C=C\C/C=C\C/C=C\C/C=C\CCCCCCCCCCCCCCCCCCCCC(=O)OCC(COC(=O)CCCCCCC/C=C\C/C=C\CCCC)OC(=O)CCCCCCCCC/C=C\C/C=C\C/C=C\CC. The maximum absolute atomic E-state index is 12.9. The summed E-state index contributed by atoms with van der Waals surface area (Å²) in [5.41, 5.74) is 0. The molecule has 0 aromatic rings. The lowest BCUT2D eigenvalue weighted by atomic mass is 10.0. The molecule has 0 aromatic heterocycles. The Morgan fingerprint density at radius 3 is 0.762 bits per heavy atom. The van der Waals surface area contributed by atoms with Crippen LogP contribution in [0.1, 0.15) is 323 Å². The first-order valence-electron chi connectivity index (χ1n) is 33.9. The number of ether oxygens (including phenoxy) is 3. The average molecular weight is 1110 g/mol. The Bertz CT molecular complexity index is 1610. The van der Waals surface area contributed by atoms with E-state index in [1.54, 1.807) is 0 Å². The second-order valence-electron chi connectivity index (χ2n) is 22.3. The van der Waals surface area contributed by atoms with Crippen molar-refractivity contribution in [3.63, 3.8) is 0 Å². The summed E-state index contributed by atoms with van der Waals surface area (Å²) in [6.07, 6.45) is 92.6. The summed E-state index contributed by atoms with van der Waals surface area (Å²) in [6.45, 7) is 6.39. The van der Waals surface area contributed by atoms with Gasteiger partial charge in [-0.1, -0.05) is 297 Å². The summed E-state index contributed by atoms with van der Waals surface area (Å²) in [7, 11) is 0. The summed E-state index contributed by atoms with van der Waals surface area (Å²) in [6, 6.07) is 0. The Labute approximate surface area is 495 Å². The van der Waals surface area contributed by atoms with Crippen LogP contribution in [0.15, 0.2) is 109 Å². The third kappa shape index (κ3) is 64.9. The quantitative estimate of drug-likeness (QED) is 0.0261. The Morgan fingerprint density at radius 1 is 0.263 bits per heavy atom. The topological polar surface area (TPSA) is 78.9 Å². The third-order valence-corrected chi connectivity index (χ3v) is 14.5. The van der Waals surface area contributed by atoms with Gasteiger partial charge in [-0.25, -0.2) is 0 Å². The lowest BCUT2D eigenvalue weighted by Gasteiger charge is -2.18. The molecular formula is C74H126O6. The van der Waals surface area contributed by atoms with Crippen LogP contribution in [0.25, 0.3) is 0 Å². The van der Waals surface area contributed by atoms with Gasteiger partial charge in [0.15, 0.2) is 6.10 Å². The highest BCUT2D eigenvalue weighted by Gasteiger charge is 2.19. The van der Waals surface area contributed by atoms with Gasteiger partial charge in [-0.3, -0.25) is 14.4 Å². The van der Waals surface area contributed by atoms with Crippen LogP contribution in [-0.4, -0.2) is 37.2 Å². The van der Waals surface area contributed by atoms with Gasteiger partial charge in [0, 0.05) is 19.3 Å². The van der Waals surface area contributed by atoms with Crippen LogP contribution in [0.5, 0.6) is 0 Å². The van der Waals surface area contributed by atoms with Gasteiger partial charge in [0.2, 0.25) is 0 Å². The van der Waals surface area contributed by atoms with Crippen LogP contribution < -0.4 is 0 Å². The number of hydrogen-bond donors (Lipinski definition) is 0. The number of unbranched alkanes of at least 4 members (excludes halogenated alkanes) is 32. The minimum atomic E-state index is -0.790. The van der Waals surface area contributed by atoms with Crippen molar-refractivity contribution in [1.82, 2.24) is 0 Å². The Morgan fingerprint density at radius 2 is 0.487 bits per heavy atom. The highest BCUT2D eigenvalue weighted by Crippen LogP contribution is 2.17. The van der Waals surface area contributed by atoms with Crippen molar-refractivity contribution in [2.75, 3.05) is 13.2 Å². The summed E-state index contributed by atoms with van der Waals surface area (Å²) in [5.74, 6) is -0.898. The molecule has 0 rings (SSSR count). The van der Waals surface area contributed by atoms with Crippen molar-refractivity contribution >= 4 is 17.9 Å². The maximum atomic E-state index is 12.9. The van der Waals surface area contributed by atoms with Crippen LogP contribution >= 0.6 is 0 Å². The zero-order chi connectivity index (χ0) is 57.8. The first kappa shape index (κ1) is 76.1. The van der Waals surface area contributed by atoms with Crippen molar-refractivity contribution in [2.24, 2.45) is 0 Å². The van der Waals surface area contributed by atoms with Gasteiger partial charge in [-0.15, -0.1) is 0 Å². The number of allylic oxidation sites excluding steroid dienone is 18. The van der Waals surface area contributed by atoms with Gasteiger partial charge < -0.3 is 14.2 Å². The summed E-state index contributed by atoms with van der Waals surface area (Å²) >= 11 is 0. The maximum Gasteiger partial charge on any atom is 0.306 e. The predicted octanol–water partition coefficient (Wildman–Crippen LogP) is 23.4. The van der Waals surface area contributed by atoms with E-state index in [0.717, 1.165) is 135 Å². The van der Waals surface area contributed by atoms with Crippen molar-refractivity contribution in [1.29, 1.82) is 0 Å². The van der Waals surface area contributed by atoms with Crippen LogP contribution in [0.4, 0.5) is 0 Å². The average Bonchev–Trinajstić information content (AvgIpc) is 3.46. The van der Waals surface area contributed by atoms with Gasteiger partial charge in [-0.05, 0) is 116 Å². The second kappa shape index (κ2) is 67.6. The largest absolute Gasteiger partial charge is 0.462 e. The predicted molar refractivity (Wildman–Crippen MR) is 348 cm³/mol. The Balaban J connectivity index is 4.22. The highest BCUT2D eigenvalue weighted by atomic mass is 16.6. The molecule has 0 heterocycles. The van der Waals surface area contributed by atoms with Gasteiger partial charge in [0.05, 0.1) is 0 Å². The fourth-order valence-corrected chi connectivity index (χ4v) is 9.47. The third-order valence-electron chi connectivity index (χ3n) is 14.5. The lowest BCUT2D eigenvalue weighted by Crippen LogP contribution is -2.30. The highest BCUT2D eigenvalue weighted by molar-refractivity contribution is 5.71. The first-order chi connectivity index (χ1) is 39.5. The van der Waals surface area contributed by atoms with Crippen LogP contribution in [0.3, 0.4) is 0 Å². The van der Waals surface area contributed by atoms with Crippen LogP contribution in [-0.2, 0) is 28.6 Å². The second-order valence-corrected chi connectivity index (χ2v) is 22.3. The van der Waals surface area contributed by atoms with E-state index in [2.05, 4.69) is 130 Å². The van der Waals surface area contributed by atoms with Crippen molar-refractivity contribution in [2.45, 2.75) is 329 Å². The van der Waals surface area contributed by atoms with E-state index in [1.165, 1.54) is 148 Å². The molecule has 0 aromatic carbocycles. The molecule has 458 valence electrons. The molecule has 0 bridgehead atoms. The van der Waals surface area contributed by atoms with Crippen molar-refractivity contribution in [3.05, 3.63) is 109 Å². The molecule has 0 aliphatic carbocycles. The Kier molecular flexibility index (Phi) is 64.3. The fraction of sp³-hybridized carbons (Fsp3) is 0.716. The van der Waals surface area contributed by atoms with Crippen molar-refractivity contribution in [3.8, 4) is 0 Å². The molecule has 1 unspecified atom stereocenters. The molecule has 0 aliphatic heterocycles. The van der Waals surface area contributed by atoms with Crippen LogP contribution in [0.2, 0.25) is 0 Å². The van der Waals surface area contributed by atoms with E-state index in [1.807, 2.05) is 0 Å². The molecule has 0 N–H and O–H groups in total. The van der Waals surface area contributed by atoms with Gasteiger partial charge in [0.25, 0.3) is 0 Å². The number of hydrogen-bond acceptors (Lipinski definition) is 6. The number of carbonyl (C=O) groups excluding carboxylic acids is 3. The van der Waals surface area contributed by atoms with Gasteiger partial charge in [0.1, 0.15) is 13.2 Å². The summed E-state index contributed by atoms with van der Waals surface area (Å²) < 4.78 is 16.9. The molecule has 6 nitrogen and oxygen atoms in total. The molecule has 0 fully saturated rings.